The number of H-pyrrole nitrogens is 1. The Labute approximate surface area is 189 Å². The molecule has 0 spiro atoms. The zero-order valence-corrected chi connectivity index (χ0v) is 19.2. The molecule has 0 saturated heterocycles. The van der Waals surface area contributed by atoms with Crippen LogP contribution in [0.15, 0.2) is 53.3 Å². The molecule has 1 aliphatic rings. The molecule has 2 aromatic carbocycles. The highest BCUT2D eigenvalue weighted by molar-refractivity contribution is 7.80. The van der Waals surface area contributed by atoms with Gasteiger partial charge >= 0.3 is 0 Å². The van der Waals surface area contributed by atoms with Gasteiger partial charge in [0.15, 0.2) is 5.11 Å². The van der Waals surface area contributed by atoms with E-state index in [-0.39, 0.29) is 5.56 Å². The summed E-state index contributed by atoms with van der Waals surface area (Å²) >= 11 is 5.81. The molecular formula is C26H31N3OS. The van der Waals surface area contributed by atoms with Crippen molar-refractivity contribution in [2.45, 2.75) is 58.5 Å². The van der Waals surface area contributed by atoms with E-state index in [4.69, 9.17) is 12.2 Å². The van der Waals surface area contributed by atoms with Gasteiger partial charge in [-0.1, -0.05) is 54.8 Å². The van der Waals surface area contributed by atoms with Gasteiger partial charge in [-0.15, -0.1) is 0 Å². The zero-order valence-electron chi connectivity index (χ0n) is 18.4. The van der Waals surface area contributed by atoms with Crippen molar-refractivity contribution >= 4 is 28.2 Å². The largest absolute Gasteiger partial charge is 0.362 e. The van der Waals surface area contributed by atoms with Gasteiger partial charge in [0, 0.05) is 18.2 Å². The molecule has 3 aromatic rings. The van der Waals surface area contributed by atoms with Gasteiger partial charge in [-0.2, -0.15) is 0 Å². The number of benzene rings is 2. The number of fused-ring (bicyclic) bond motifs is 1. The highest BCUT2D eigenvalue weighted by Crippen LogP contribution is 2.25. The molecule has 0 unspecified atom stereocenters. The Balaban J connectivity index is 1.53. The molecular weight excluding hydrogens is 402 g/mol. The fourth-order valence-electron chi connectivity index (χ4n) is 4.68. The molecule has 2 N–H and O–H groups in total. The van der Waals surface area contributed by atoms with Gasteiger partial charge in [-0.05, 0) is 74.0 Å². The second-order valence-electron chi connectivity index (χ2n) is 8.70. The van der Waals surface area contributed by atoms with Crippen LogP contribution in [0.25, 0.3) is 10.9 Å². The molecule has 4 rings (SSSR count). The predicted molar refractivity (Wildman–Crippen MR) is 133 cm³/mol. The SMILES string of the molecule is Cc1cc(C)c2[nH]c(=O)c(CN(C(=S)NCCc3ccccc3)C3CCCC3)cc2c1. The second-order valence-corrected chi connectivity index (χ2v) is 9.09. The van der Waals surface area contributed by atoms with E-state index in [1.807, 2.05) is 19.1 Å². The summed E-state index contributed by atoms with van der Waals surface area (Å²) in [6.07, 6.45) is 5.63. The van der Waals surface area contributed by atoms with Crippen molar-refractivity contribution in [2.75, 3.05) is 6.54 Å². The Hall–Kier alpha value is -2.66. The molecule has 1 saturated carbocycles. The molecule has 0 amide bonds. The molecule has 1 aliphatic carbocycles. The number of pyridine rings is 1. The summed E-state index contributed by atoms with van der Waals surface area (Å²) in [4.78, 5) is 18.2. The molecule has 0 radical (unpaired) electrons. The maximum Gasteiger partial charge on any atom is 0.253 e. The molecule has 31 heavy (non-hydrogen) atoms. The number of nitrogens with one attached hydrogen (secondary N) is 2. The van der Waals surface area contributed by atoms with Crippen molar-refractivity contribution in [1.82, 2.24) is 15.2 Å². The van der Waals surface area contributed by atoms with Crippen LogP contribution in [0.1, 0.15) is 47.9 Å². The third-order valence-electron chi connectivity index (χ3n) is 6.27. The Kier molecular flexibility index (Phi) is 6.71. The Morgan fingerprint density at radius 1 is 1.13 bits per heavy atom. The highest BCUT2D eigenvalue weighted by atomic mass is 32.1. The number of rotatable bonds is 6. The average Bonchev–Trinajstić information content (AvgIpc) is 3.28. The summed E-state index contributed by atoms with van der Waals surface area (Å²) < 4.78 is 0. The maximum atomic E-state index is 12.9. The summed E-state index contributed by atoms with van der Waals surface area (Å²) in [5.41, 5.74) is 5.28. The van der Waals surface area contributed by atoms with Gasteiger partial charge in [-0.3, -0.25) is 4.79 Å². The normalized spacial score (nSPS) is 14.1. The van der Waals surface area contributed by atoms with Crippen molar-refractivity contribution in [3.63, 3.8) is 0 Å². The predicted octanol–water partition coefficient (Wildman–Crippen LogP) is 5.01. The molecule has 1 heterocycles. The fourth-order valence-corrected chi connectivity index (χ4v) is 4.99. The minimum absolute atomic E-state index is 0.0189. The Morgan fingerprint density at radius 2 is 1.87 bits per heavy atom. The summed E-state index contributed by atoms with van der Waals surface area (Å²) in [5.74, 6) is 0. The van der Waals surface area contributed by atoms with Crippen LogP contribution in [-0.2, 0) is 13.0 Å². The van der Waals surface area contributed by atoms with Gasteiger partial charge < -0.3 is 15.2 Å². The van der Waals surface area contributed by atoms with Crippen LogP contribution in [0, 0.1) is 13.8 Å². The van der Waals surface area contributed by atoms with E-state index < -0.39 is 0 Å². The van der Waals surface area contributed by atoms with Gasteiger partial charge in [0.05, 0.1) is 12.1 Å². The van der Waals surface area contributed by atoms with Crippen LogP contribution in [0.2, 0.25) is 0 Å². The zero-order chi connectivity index (χ0) is 21.8. The first kappa shape index (κ1) is 21.6. The van der Waals surface area contributed by atoms with Gasteiger partial charge in [0.2, 0.25) is 0 Å². The lowest BCUT2D eigenvalue weighted by Gasteiger charge is -2.31. The Morgan fingerprint density at radius 3 is 2.61 bits per heavy atom. The van der Waals surface area contributed by atoms with E-state index in [1.54, 1.807) is 0 Å². The summed E-state index contributed by atoms with van der Waals surface area (Å²) in [7, 11) is 0. The lowest BCUT2D eigenvalue weighted by Crippen LogP contribution is -2.45. The number of aromatic amines is 1. The quantitative estimate of drug-likeness (QED) is 0.537. The lowest BCUT2D eigenvalue weighted by atomic mass is 10.0. The average molecular weight is 434 g/mol. The van der Waals surface area contributed by atoms with Crippen LogP contribution < -0.4 is 10.9 Å². The Bertz CT molecular complexity index is 1120. The van der Waals surface area contributed by atoms with Gasteiger partial charge in [0.1, 0.15) is 0 Å². The molecule has 0 bridgehead atoms. The molecule has 0 aliphatic heterocycles. The maximum absolute atomic E-state index is 12.9. The van der Waals surface area contributed by atoms with E-state index in [0.717, 1.165) is 52.9 Å². The van der Waals surface area contributed by atoms with Crippen molar-refractivity contribution in [3.05, 3.63) is 81.1 Å². The lowest BCUT2D eigenvalue weighted by molar-refractivity contribution is 0.302. The summed E-state index contributed by atoms with van der Waals surface area (Å²) in [6, 6.07) is 17.1. The molecule has 5 heteroatoms. The third-order valence-corrected chi connectivity index (χ3v) is 6.65. The smallest absolute Gasteiger partial charge is 0.253 e. The van der Waals surface area contributed by atoms with E-state index in [1.165, 1.54) is 24.0 Å². The van der Waals surface area contributed by atoms with Crippen LogP contribution >= 0.6 is 12.2 Å². The number of thiocarbonyl (C=S) groups is 1. The highest BCUT2D eigenvalue weighted by Gasteiger charge is 2.25. The second kappa shape index (κ2) is 9.65. The van der Waals surface area contributed by atoms with E-state index in [0.29, 0.717) is 12.6 Å². The monoisotopic (exact) mass is 433 g/mol. The van der Waals surface area contributed by atoms with Crippen LogP contribution in [0.4, 0.5) is 0 Å². The number of hydrogen-bond acceptors (Lipinski definition) is 2. The summed E-state index contributed by atoms with van der Waals surface area (Å²) in [5, 5.41) is 5.29. The van der Waals surface area contributed by atoms with Gasteiger partial charge in [0.25, 0.3) is 5.56 Å². The number of nitrogens with zero attached hydrogens (tertiary/aromatic N) is 1. The summed E-state index contributed by atoms with van der Waals surface area (Å²) in [6.45, 7) is 5.47. The van der Waals surface area contributed by atoms with Crippen molar-refractivity contribution in [1.29, 1.82) is 0 Å². The van der Waals surface area contributed by atoms with E-state index in [2.05, 4.69) is 58.5 Å². The molecule has 4 nitrogen and oxygen atoms in total. The molecule has 162 valence electrons. The van der Waals surface area contributed by atoms with Crippen LogP contribution in [0.5, 0.6) is 0 Å². The molecule has 0 atom stereocenters. The fraction of sp³-hybridized carbons (Fsp3) is 0.385. The first-order valence-electron chi connectivity index (χ1n) is 11.2. The van der Waals surface area contributed by atoms with Gasteiger partial charge in [-0.25, -0.2) is 0 Å². The minimum atomic E-state index is -0.0189. The third kappa shape index (κ3) is 5.16. The van der Waals surface area contributed by atoms with Crippen LogP contribution in [-0.4, -0.2) is 27.6 Å². The first-order chi connectivity index (χ1) is 15.0. The van der Waals surface area contributed by atoms with Crippen LogP contribution in [0.3, 0.4) is 0 Å². The van der Waals surface area contributed by atoms with Crippen molar-refractivity contribution in [3.8, 4) is 0 Å². The minimum Gasteiger partial charge on any atom is -0.362 e. The molecule has 1 aromatic heterocycles. The number of hydrogen-bond donors (Lipinski definition) is 2. The van der Waals surface area contributed by atoms with Crippen molar-refractivity contribution in [2.24, 2.45) is 0 Å². The topological polar surface area (TPSA) is 48.1 Å². The molecule has 1 fully saturated rings. The van der Waals surface area contributed by atoms with E-state index in [9.17, 15) is 4.79 Å². The van der Waals surface area contributed by atoms with E-state index >= 15 is 0 Å². The standard InChI is InChI=1S/C26H31N3OS/c1-18-14-19(2)24-21(15-18)16-22(25(30)28-24)17-29(23-10-6-7-11-23)26(31)27-13-12-20-8-4-3-5-9-20/h3-5,8-9,14-16,23H,6-7,10-13,17H2,1-2H3,(H,27,31)(H,28,30). The first-order valence-corrected chi connectivity index (χ1v) is 11.6. The number of aromatic nitrogens is 1. The number of aryl methyl sites for hydroxylation is 2. The van der Waals surface area contributed by atoms with Crippen molar-refractivity contribution < 1.29 is 0 Å².